The number of rotatable bonds is 5. The molecule has 0 bridgehead atoms. The van der Waals surface area contributed by atoms with Crippen molar-refractivity contribution in [2.75, 3.05) is 7.05 Å². The number of aryl methyl sites for hydroxylation is 1. The molecule has 0 spiro atoms. The summed E-state index contributed by atoms with van der Waals surface area (Å²) in [5, 5.41) is 4.51. The summed E-state index contributed by atoms with van der Waals surface area (Å²) in [6.45, 7) is 8.08. The molecule has 0 saturated heterocycles. The number of pyridine rings is 1. The summed E-state index contributed by atoms with van der Waals surface area (Å²) in [6, 6.07) is 13.6. The van der Waals surface area contributed by atoms with Crippen LogP contribution in [0.3, 0.4) is 0 Å². The summed E-state index contributed by atoms with van der Waals surface area (Å²) in [4.78, 5) is 23.3. The molecule has 27 heavy (non-hydrogen) atoms. The highest BCUT2D eigenvalue weighted by Gasteiger charge is 2.24. The molecule has 0 aliphatic carbocycles. The number of carbonyl (C=O) groups is 1. The van der Waals surface area contributed by atoms with Gasteiger partial charge in [0.1, 0.15) is 5.82 Å². The summed E-state index contributed by atoms with van der Waals surface area (Å²) >= 11 is 0. The molecule has 3 rings (SSSR count). The topological polar surface area (TPSA) is 63.9 Å². The van der Waals surface area contributed by atoms with E-state index in [0.717, 1.165) is 11.4 Å². The second-order valence-corrected chi connectivity index (χ2v) is 6.95. The van der Waals surface area contributed by atoms with E-state index in [1.807, 2.05) is 50.2 Å². The third-order valence-corrected chi connectivity index (χ3v) is 4.76. The Bertz CT molecular complexity index is 933. The van der Waals surface area contributed by atoms with Crippen molar-refractivity contribution in [1.82, 2.24) is 24.6 Å². The van der Waals surface area contributed by atoms with Crippen LogP contribution in [0, 0.1) is 6.92 Å². The van der Waals surface area contributed by atoms with Crippen LogP contribution in [0.2, 0.25) is 0 Å². The molecule has 3 aromatic rings. The molecule has 0 aliphatic rings. The maximum atomic E-state index is 12.9. The maximum Gasteiger partial charge on any atom is 0.293 e. The highest BCUT2D eigenvalue weighted by Crippen LogP contribution is 2.24. The predicted octanol–water partition coefficient (Wildman–Crippen LogP) is 3.93. The Kier molecular flexibility index (Phi) is 5.35. The van der Waals surface area contributed by atoms with Gasteiger partial charge in [-0.1, -0.05) is 38.1 Å². The van der Waals surface area contributed by atoms with Gasteiger partial charge in [0.25, 0.3) is 5.91 Å². The Balaban J connectivity index is 1.91. The molecule has 140 valence electrons. The van der Waals surface area contributed by atoms with E-state index in [-0.39, 0.29) is 17.8 Å². The molecule has 1 atom stereocenters. The lowest BCUT2D eigenvalue weighted by Crippen LogP contribution is -2.31. The Morgan fingerprint density at radius 3 is 2.44 bits per heavy atom. The van der Waals surface area contributed by atoms with Crippen molar-refractivity contribution in [1.29, 1.82) is 0 Å². The van der Waals surface area contributed by atoms with Crippen molar-refractivity contribution >= 4 is 5.91 Å². The van der Waals surface area contributed by atoms with Crippen molar-refractivity contribution < 1.29 is 4.79 Å². The zero-order valence-corrected chi connectivity index (χ0v) is 16.4. The van der Waals surface area contributed by atoms with Gasteiger partial charge in [-0.2, -0.15) is 0 Å². The van der Waals surface area contributed by atoms with Crippen LogP contribution in [0.15, 0.2) is 48.7 Å². The first-order chi connectivity index (χ1) is 12.9. The maximum absolute atomic E-state index is 12.9. The van der Waals surface area contributed by atoms with Gasteiger partial charge in [0.15, 0.2) is 0 Å². The van der Waals surface area contributed by atoms with Gasteiger partial charge in [0.2, 0.25) is 5.82 Å². The van der Waals surface area contributed by atoms with E-state index in [1.165, 1.54) is 5.56 Å². The van der Waals surface area contributed by atoms with Crippen LogP contribution < -0.4 is 0 Å². The van der Waals surface area contributed by atoms with Crippen LogP contribution in [0.5, 0.6) is 0 Å². The SMILES string of the molecule is Cc1nc(C(=O)N(C)C(C)c2ccccn2)nn1-c1ccccc1C(C)C. The Labute approximate surface area is 159 Å². The first-order valence-corrected chi connectivity index (χ1v) is 9.11. The average molecular weight is 363 g/mol. The van der Waals surface area contributed by atoms with E-state index in [4.69, 9.17) is 0 Å². The van der Waals surface area contributed by atoms with Crippen molar-refractivity contribution in [3.05, 3.63) is 71.6 Å². The van der Waals surface area contributed by atoms with Gasteiger partial charge < -0.3 is 4.90 Å². The van der Waals surface area contributed by atoms with E-state index in [1.54, 1.807) is 22.8 Å². The first-order valence-electron chi connectivity index (χ1n) is 9.11. The largest absolute Gasteiger partial charge is 0.331 e. The van der Waals surface area contributed by atoms with E-state index >= 15 is 0 Å². The van der Waals surface area contributed by atoms with Crippen LogP contribution in [0.25, 0.3) is 5.69 Å². The van der Waals surface area contributed by atoms with Crippen LogP contribution in [-0.4, -0.2) is 37.6 Å². The van der Waals surface area contributed by atoms with Gasteiger partial charge >= 0.3 is 0 Å². The zero-order chi connectivity index (χ0) is 19.6. The number of aromatic nitrogens is 4. The Morgan fingerprint density at radius 1 is 1.07 bits per heavy atom. The summed E-state index contributed by atoms with van der Waals surface area (Å²) in [5.41, 5.74) is 2.95. The van der Waals surface area contributed by atoms with Crippen molar-refractivity contribution in [3.63, 3.8) is 0 Å². The molecule has 0 fully saturated rings. The minimum Gasteiger partial charge on any atom is -0.331 e. The summed E-state index contributed by atoms with van der Waals surface area (Å²) in [5.74, 6) is 0.995. The summed E-state index contributed by atoms with van der Waals surface area (Å²) in [6.07, 6.45) is 1.73. The number of benzene rings is 1. The number of para-hydroxylation sites is 1. The van der Waals surface area contributed by atoms with E-state index in [9.17, 15) is 4.79 Å². The molecule has 6 heteroatoms. The van der Waals surface area contributed by atoms with Crippen LogP contribution in [0.4, 0.5) is 0 Å². The lowest BCUT2D eigenvalue weighted by molar-refractivity contribution is 0.0727. The molecular formula is C21H25N5O. The minimum atomic E-state index is -0.225. The number of hydrogen-bond acceptors (Lipinski definition) is 4. The monoisotopic (exact) mass is 363 g/mol. The van der Waals surface area contributed by atoms with E-state index < -0.39 is 0 Å². The van der Waals surface area contributed by atoms with Crippen LogP contribution in [0.1, 0.15) is 60.4 Å². The molecule has 0 aliphatic heterocycles. The predicted molar refractivity (Wildman–Crippen MR) is 105 cm³/mol. The number of hydrogen-bond donors (Lipinski definition) is 0. The highest BCUT2D eigenvalue weighted by atomic mass is 16.2. The van der Waals surface area contributed by atoms with Crippen LogP contribution in [-0.2, 0) is 0 Å². The van der Waals surface area contributed by atoms with Gasteiger partial charge in [-0.3, -0.25) is 9.78 Å². The third kappa shape index (κ3) is 3.74. The number of carbonyl (C=O) groups excluding carboxylic acids is 1. The van der Waals surface area contributed by atoms with Crippen molar-refractivity contribution in [3.8, 4) is 5.69 Å². The molecule has 0 radical (unpaired) electrons. The van der Waals surface area contributed by atoms with Crippen molar-refractivity contribution in [2.45, 2.75) is 39.7 Å². The van der Waals surface area contributed by atoms with Gasteiger partial charge in [-0.15, -0.1) is 5.10 Å². The van der Waals surface area contributed by atoms with Gasteiger partial charge in [0, 0.05) is 13.2 Å². The second-order valence-electron chi connectivity index (χ2n) is 6.95. The van der Waals surface area contributed by atoms with Gasteiger partial charge in [-0.05, 0) is 43.5 Å². The fourth-order valence-electron chi connectivity index (χ4n) is 3.03. The first kappa shape index (κ1) is 18.8. The summed E-state index contributed by atoms with van der Waals surface area (Å²) < 4.78 is 1.75. The normalized spacial score (nSPS) is 12.2. The van der Waals surface area contributed by atoms with E-state index in [0.29, 0.717) is 11.7 Å². The average Bonchev–Trinajstić information content (AvgIpc) is 3.08. The summed E-state index contributed by atoms with van der Waals surface area (Å²) in [7, 11) is 1.75. The fraction of sp³-hybridized carbons (Fsp3) is 0.333. The van der Waals surface area contributed by atoms with Gasteiger partial charge in [-0.25, -0.2) is 9.67 Å². The lowest BCUT2D eigenvalue weighted by Gasteiger charge is -2.23. The smallest absolute Gasteiger partial charge is 0.293 e. The standard InChI is InChI=1S/C21H25N5O/c1-14(2)17-10-6-7-12-19(17)26-16(4)23-20(24-26)21(27)25(5)15(3)18-11-8-9-13-22-18/h6-15H,1-5H3. The molecule has 0 saturated carbocycles. The molecule has 1 amide bonds. The third-order valence-electron chi connectivity index (χ3n) is 4.76. The zero-order valence-electron chi connectivity index (χ0n) is 16.4. The van der Waals surface area contributed by atoms with E-state index in [2.05, 4.69) is 35.0 Å². The van der Waals surface area contributed by atoms with Crippen molar-refractivity contribution in [2.24, 2.45) is 0 Å². The second kappa shape index (κ2) is 7.70. The molecule has 1 unspecified atom stereocenters. The van der Waals surface area contributed by atoms with Gasteiger partial charge in [0.05, 0.1) is 17.4 Å². The molecule has 2 aromatic heterocycles. The molecular weight excluding hydrogens is 338 g/mol. The number of nitrogens with zero attached hydrogens (tertiary/aromatic N) is 5. The number of amides is 1. The molecule has 6 nitrogen and oxygen atoms in total. The quantitative estimate of drug-likeness (QED) is 0.689. The van der Waals surface area contributed by atoms with Crippen LogP contribution >= 0.6 is 0 Å². The highest BCUT2D eigenvalue weighted by molar-refractivity contribution is 5.90. The lowest BCUT2D eigenvalue weighted by atomic mass is 10.0. The molecule has 0 N–H and O–H groups in total. The molecule has 1 aromatic carbocycles. The Morgan fingerprint density at radius 2 is 1.78 bits per heavy atom. The molecule has 2 heterocycles. The fourth-order valence-corrected chi connectivity index (χ4v) is 3.03. The minimum absolute atomic E-state index is 0.172. The Hall–Kier alpha value is -3.02.